The summed E-state index contributed by atoms with van der Waals surface area (Å²) < 4.78 is 0. The Hall–Kier alpha value is -0.530. The molecule has 3 atom stereocenters. The Kier molecular flexibility index (Phi) is 2.45. The van der Waals surface area contributed by atoms with Crippen LogP contribution in [0.5, 0.6) is 0 Å². The molecule has 0 aromatic carbocycles. The summed E-state index contributed by atoms with van der Waals surface area (Å²) in [5, 5.41) is 9.14. The number of aliphatic carboxylic acids is 1. The number of carboxylic acids is 1. The van der Waals surface area contributed by atoms with Gasteiger partial charge < -0.3 is 5.11 Å². The van der Waals surface area contributed by atoms with E-state index >= 15 is 0 Å². The van der Waals surface area contributed by atoms with Gasteiger partial charge >= 0.3 is 5.97 Å². The first-order valence-corrected chi connectivity index (χ1v) is 4.73. The third kappa shape index (κ3) is 1.23. The molecule has 1 fully saturated rings. The molecule has 2 heteroatoms. The molecule has 0 aromatic rings. The zero-order chi connectivity index (χ0) is 9.35. The van der Waals surface area contributed by atoms with Gasteiger partial charge in [0.05, 0.1) is 5.41 Å². The highest BCUT2D eigenvalue weighted by molar-refractivity contribution is 5.75. The highest BCUT2D eigenvalue weighted by Crippen LogP contribution is 2.44. The fourth-order valence-electron chi connectivity index (χ4n) is 2.24. The lowest BCUT2D eigenvalue weighted by atomic mass is 9.62. The van der Waals surface area contributed by atoms with Crippen LogP contribution in [0.3, 0.4) is 0 Å². The molecular weight excluding hydrogens is 152 g/mol. The van der Waals surface area contributed by atoms with E-state index in [-0.39, 0.29) is 0 Å². The maximum Gasteiger partial charge on any atom is 0.309 e. The molecular formula is C10H18O2. The van der Waals surface area contributed by atoms with Crippen LogP contribution in [0.4, 0.5) is 0 Å². The molecule has 1 aliphatic rings. The second kappa shape index (κ2) is 3.08. The van der Waals surface area contributed by atoms with Crippen LogP contribution >= 0.6 is 0 Å². The van der Waals surface area contributed by atoms with Crippen LogP contribution in [0.2, 0.25) is 0 Å². The van der Waals surface area contributed by atoms with Crippen molar-refractivity contribution >= 4 is 5.97 Å². The van der Waals surface area contributed by atoms with Crippen LogP contribution in [0.1, 0.15) is 40.0 Å². The number of carboxylic acid groups (broad SMARTS) is 1. The van der Waals surface area contributed by atoms with Crippen molar-refractivity contribution in [1.29, 1.82) is 0 Å². The van der Waals surface area contributed by atoms with E-state index < -0.39 is 11.4 Å². The zero-order valence-electron chi connectivity index (χ0n) is 8.13. The smallest absolute Gasteiger partial charge is 0.309 e. The maximum absolute atomic E-state index is 11.1. The molecule has 1 saturated carbocycles. The van der Waals surface area contributed by atoms with E-state index in [1.807, 2.05) is 6.92 Å². The normalized spacial score (nSPS) is 42.6. The minimum absolute atomic E-state index is 0.318. The topological polar surface area (TPSA) is 37.3 Å². The Balaban J connectivity index is 2.87. The van der Waals surface area contributed by atoms with E-state index in [0.29, 0.717) is 11.8 Å². The fraction of sp³-hybridized carbons (Fsp3) is 0.900. The standard InChI is InChI=1S/C10H18O2/c1-7-5-4-6-8(2)10(7,3)9(11)12/h7-8H,4-6H2,1-3H3,(H,11,12)/t7-,8?,10?/m1/s1. The van der Waals surface area contributed by atoms with Crippen LogP contribution in [0.15, 0.2) is 0 Å². The van der Waals surface area contributed by atoms with Crippen LogP contribution < -0.4 is 0 Å². The van der Waals surface area contributed by atoms with Gasteiger partial charge in [0.2, 0.25) is 0 Å². The fourth-order valence-corrected chi connectivity index (χ4v) is 2.24. The third-order valence-electron chi connectivity index (χ3n) is 3.78. The number of rotatable bonds is 1. The number of carbonyl (C=O) groups is 1. The van der Waals surface area contributed by atoms with Gasteiger partial charge in [0.15, 0.2) is 0 Å². The van der Waals surface area contributed by atoms with E-state index in [4.69, 9.17) is 5.11 Å². The van der Waals surface area contributed by atoms with Crippen LogP contribution in [-0.4, -0.2) is 11.1 Å². The Morgan fingerprint density at radius 2 is 1.75 bits per heavy atom. The molecule has 0 saturated heterocycles. The molecule has 0 bridgehead atoms. The van der Waals surface area contributed by atoms with Crippen molar-refractivity contribution in [3.63, 3.8) is 0 Å². The van der Waals surface area contributed by atoms with E-state index in [1.165, 1.54) is 6.42 Å². The molecule has 0 spiro atoms. The molecule has 0 aromatic heterocycles. The van der Waals surface area contributed by atoms with Gasteiger partial charge in [-0.3, -0.25) is 4.79 Å². The molecule has 2 unspecified atom stereocenters. The molecule has 70 valence electrons. The minimum atomic E-state index is -0.623. The summed E-state index contributed by atoms with van der Waals surface area (Å²) in [4.78, 5) is 11.1. The van der Waals surface area contributed by atoms with Crippen LogP contribution in [0.25, 0.3) is 0 Å². The quantitative estimate of drug-likeness (QED) is 0.656. The van der Waals surface area contributed by atoms with Crippen molar-refractivity contribution in [2.45, 2.75) is 40.0 Å². The lowest BCUT2D eigenvalue weighted by molar-refractivity contribution is -0.157. The van der Waals surface area contributed by atoms with Crippen LogP contribution in [-0.2, 0) is 4.79 Å². The van der Waals surface area contributed by atoms with E-state index in [1.54, 1.807) is 0 Å². The van der Waals surface area contributed by atoms with Gasteiger partial charge in [-0.1, -0.05) is 20.3 Å². The molecule has 1 N–H and O–H groups in total. The maximum atomic E-state index is 11.1. The molecule has 0 radical (unpaired) electrons. The van der Waals surface area contributed by atoms with Crippen molar-refractivity contribution < 1.29 is 9.90 Å². The molecule has 1 rings (SSSR count). The molecule has 1 aliphatic carbocycles. The number of hydrogen-bond donors (Lipinski definition) is 1. The van der Waals surface area contributed by atoms with Gasteiger partial charge in [-0.25, -0.2) is 0 Å². The SMILES string of the molecule is CC1CCC[C@@H](C)C1(C)C(=O)O. The second-order valence-electron chi connectivity index (χ2n) is 4.32. The first kappa shape index (κ1) is 9.56. The van der Waals surface area contributed by atoms with Crippen molar-refractivity contribution in [2.75, 3.05) is 0 Å². The van der Waals surface area contributed by atoms with Gasteiger partial charge in [-0.2, -0.15) is 0 Å². The third-order valence-corrected chi connectivity index (χ3v) is 3.78. The van der Waals surface area contributed by atoms with Crippen molar-refractivity contribution in [1.82, 2.24) is 0 Å². The van der Waals surface area contributed by atoms with E-state index in [2.05, 4.69) is 13.8 Å². The van der Waals surface area contributed by atoms with E-state index in [0.717, 1.165) is 12.8 Å². The largest absolute Gasteiger partial charge is 0.481 e. The lowest BCUT2D eigenvalue weighted by Gasteiger charge is -2.41. The Morgan fingerprint density at radius 1 is 1.33 bits per heavy atom. The summed E-state index contributed by atoms with van der Waals surface area (Å²) in [7, 11) is 0. The highest BCUT2D eigenvalue weighted by Gasteiger charge is 2.45. The minimum Gasteiger partial charge on any atom is -0.481 e. The van der Waals surface area contributed by atoms with Crippen molar-refractivity contribution in [3.8, 4) is 0 Å². The first-order chi connectivity index (χ1) is 5.49. The molecule has 12 heavy (non-hydrogen) atoms. The summed E-state index contributed by atoms with van der Waals surface area (Å²) in [6.45, 7) is 6.01. The Bertz CT molecular complexity index is 176. The van der Waals surface area contributed by atoms with Gasteiger partial charge in [0, 0.05) is 0 Å². The average molecular weight is 170 g/mol. The van der Waals surface area contributed by atoms with Gasteiger partial charge in [-0.05, 0) is 31.6 Å². The monoisotopic (exact) mass is 170 g/mol. The second-order valence-corrected chi connectivity index (χ2v) is 4.32. The summed E-state index contributed by atoms with van der Waals surface area (Å²) in [6, 6.07) is 0. The Morgan fingerprint density at radius 3 is 2.00 bits per heavy atom. The summed E-state index contributed by atoms with van der Waals surface area (Å²) >= 11 is 0. The molecule has 0 aliphatic heterocycles. The predicted octanol–water partition coefficient (Wildman–Crippen LogP) is 2.53. The summed E-state index contributed by atoms with van der Waals surface area (Å²) in [5.74, 6) is 0.0136. The highest BCUT2D eigenvalue weighted by atomic mass is 16.4. The average Bonchev–Trinajstić information content (AvgIpc) is 1.99. The van der Waals surface area contributed by atoms with Gasteiger partial charge in [0.25, 0.3) is 0 Å². The zero-order valence-corrected chi connectivity index (χ0v) is 8.13. The number of hydrogen-bond acceptors (Lipinski definition) is 1. The van der Waals surface area contributed by atoms with Gasteiger partial charge in [-0.15, -0.1) is 0 Å². The summed E-state index contributed by atoms with van der Waals surface area (Å²) in [5.41, 5.74) is -0.488. The van der Waals surface area contributed by atoms with E-state index in [9.17, 15) is 4.79 Å². The van der Waals surface area contributed by atoms with Crippen LogP contribution in [0, 0.1) is 17.3 Å². The summed E-state index contributed by atoms with van der Waals surface area (Å²) in [6.07, 6.45) is 3.31. The molecule has 0 amide bonds. The predicted molar refractivity (Wildman–Crippen MR) is 47.9 cm³/mol. The molecule has 0 heterocycles. The first-order valence-electron chi connectivity index (χ1n) is 4.73. The van der Waals surface area contributed by atoms with Gasteiger partial charge in [0.1, 0.15) is 0 Å². The van der Waals surface area contributed by atoms with Crippen molar-refractivity contribution in [3.05, 3.63) is 0 Å². The van der Waals surface area contributed by atoms with Crippen molar-refractivity contribution in [2.24, 2.45) is 17.3 Å². The molecule has 2 nitrogen and oxygen atoms in total. The Labute approximate surface area is 74.0 Å². The lowest BCUT2D eigenvalue weighted by Crippen LogP contribution is -2.42.